The van der Waals surface area contributed by atoms with E-state index in [9.17, 15) is 9.59 Å². The SMILES string of the molecule is COc1cc([C@H](C(=O)NC2CCCCC2)N(CCc2cccc(C)c2)C(=O)[C@H]2COc3ccccc3O2)cc(OC)c1OC. The molecule has 234 valence electrons. The third kappa shape index (κ3) is 7.04. The van der Waals surface area contributed by atoms with Gasteiger partial charge in [-0.05, 0) is 61.6 Å². The molecule has 0 unspecified atom stereocenters. The summed E-state index contributed by atoms with van der Waals surface area (Å²) in [6, 6.07) is 18.0. The van der Waals surface area contributed by atoms with E-state index in [2.05, 4.69) is 11.4 Å². The van der Waals surface area contributed by atoms with Crippen LogP contribution in [0, 0.1) is 6.92 Å². The number of para-hydroxylation sites is 2. The smallest absolute Gasteiger partial charge is 0.268 e. The summed E-state index contributed by atoms with van der Waals surface area (Å²) in [5, 5.41) is 3.26. The first-order chi connectivity index (χ1) is 21.4. The largest absolute Gasteiger partial charge is 0.493 e. The molecule has 1 fully saturated rings. The highest BCUT2D eigenvalue weighted by molar-refractivity contribution is 5.91. The van der Waals surface area contributed by atoms with Crippen LogP contribution in [0.1, 0.15) is 54.8 Å². The standard InChI is InChI=1S/C35H42N2O7/c1-23-11-10-12-24(19-23)17-18-37(35(39)31-22-43-27-15-8-9-16-28(27)44-31)32(34(38)36-26-13-6-5-7-14-26)25-20-29(40-2)33(42-4)30(21-25)41-3/h8-12,15-16,19-21,26,31-32H,5-7,13-14,17-18,22H2,1-4H3,(H,36,38)/t31-,32-/m1/s1. The number of carbonyl (C=O) groups is 2. The van der Waals surface area contributed by atoms with Gasteiger partial charge < -0.3 is 33.9 Å². The zero-order valence-corrected chi connectivity index (χ0v) is 26.0. The van der Waals surface area contributed by atoms with Crippen molar-refractivity contribution in [3.8, 4) is 28.7 Å². The predicted molar refractivity (Wildman–Crippen MR) is 167 cm³/mol. The molecule has 1 saturated carbocycles. The topological polar surface area (TPSA) is 95.6 Å². The molecule has 3 aromatic rings. The van der Waals surface area contributed by atoms with Crippen molar-refractivity contribution in [2.24, 2.45) is 0 Å². The number of methoxy groups -OCH3 is 3. The van der Waals surface area contributed by atoms with Crippen molar-refractivity contribution in [1.82, 2.24) is 10.2 Å². The lowest BCUT2D eigenvalue weighted by Gasteiger charge is -2.36. The average molecular weight is 603 g/mol. The van der Waals surface area contributed by atoms with E-state index in [1.807, 2.05) is 43.3 Å². The Morgan fingerprint density at radius 2 is 1.61 bits per heavy atom. The van der Waals surface area contributed by atoms with Crippen molar-refractivity contribution in [2.75, 3.05) is 34.5 Å². The van der Waals surface area contributed by atoms with Crippen molar-refractivity contribution in [1.29, 1.82) is 0 Å². The highest BCUT2D eigenvalue weighted by atomic mass is 16.6. The fourth-order valence-corrected chi connectivity index (χ4v) is 6.07. The molecule has 44 heavy (non-hydrogen) atoms. The molecule has 3 aromatic carbocycles. The number of hydrogen-bond acceptors (Lipinski definition) is 7. The zero-order valence-electron chi connectivity index (χ0n) is 26.0. The van der Waals surface area contributed by atoms with Gasteiger partial charge in [0.2, 0.25) is 17.8 Å². The first-order valence-electron chi connectivity index (χ1n) is 15.3. The zero-order chi connectivity index (χ0) is 31.1. The van der Waals surface area contributed by atoms with Gasteiger partial charge >= 0.3 is 0 Å². The van der Waals surface area contributed by atoms with Crippen molar-refractivity contribution >= 4 is 11.8 Å². The number of aryl methyl sites for hydroxylation is 1. The highest BCUT2D eigenvalue weighted by Gasteiger charge is 2.39. The van der Waals surface area contributed by atoms with Crippen LogP contribution in [0.3, 0.4) is 0 Å². The van der Waals surface area contributed by atoms with Crippen LogP contribution in [0.25, 0.3) is 0 Å². The van der Waals surface area contributed by atoms with Gasteiger partial charge in [0.1, 0.15) is 12.6 Å². The van der Waals surface area contributed by atoms with Crippen LogP contribution in [0.4, 0.5) is 0 Å². The molecule has 2 atom stereocenters. The van der Waals surface area contributed by atoms with Crippen LogP contribution in [-0.2, 0) is 16.0 Å². The molecule has 9 heteroatoms. The van der Waals surface area contributed by atoms with E-state index in [4.69, 9.17) is 23.7 Å². The Hall–Kier alpha value is -4.40. The van der Waals surface area contributed by atoms with Gasteiger partial charge in [0.15, 0.2) is 23.0 Å². The van der Waals surface area contributed by atoms with Gasteiger partial charge in [0.05, 0.1) is 21.3 Å². The van der Waals surface area contributed by atoms with Crippen molar-refractivity contribution < 1.29 is 33.3 Å². The molecule has 1 N–H and O–H groups in total. The second kappa shape index (κ2) is 14.4. The second-order valence-corrected chi connectivity index (χ2v) is 11.3. The number of rotatable bonds is 11. The van der Waals surface area contributed by atoms with Crippen LogP contribution in [0.15, 0.2) is 60.7 Å². The Balaban J connectivity index is 1.56. The van der Waals surface area contributed by atoms with Gasteiger partial charge in [0, 0.05) is 12.6 Å². The lowest BCUT2D eigenvalue weighted by molar-refractivity contribution is -0.148. The van der Waals surface area contributed by atoms with Crippen molar-refractivity contribution in [3.05, 3.63) is 77.4 Å². The minimum atomic E-state index is -0.997. The van der Waals surface area contributed by atoms with Gasteiger partial charge in [-0.15, -0.1) is 0 Å². The molecule has 1 aliphatic carbocycles. The predicted octanol–water partition coefficient (Wildman–Crippen LogP) is 5.42. The summed E-state index contributed by atoms with van der Waals surface area (Å²) >= 11 is 0. The van der Waals surface area contributed by atoms with E-state index < -0.39 is 12.1 Å². The Labute approximate surface area is 259 Å². The number of benzene rings is 3. The summed E-state index contributed by atoms with van der Waals surface area (Å²) in [6.07, 6.45) is 4.68. The third-order valence-electron chi connectivity index (χ3n) is 8.31. The lowest BCUT2D eigenvalue weighted by Crippen LogP contribution is -2.53. The molecule has 0 radical (unpaired) electrons. The second-order valence-electron chi connectivity index (χ2n) is 11.3. The Bertz CT molecular complexity index is 1430. The summed E-state index contributed by atoms with van der Waals surface area (Å²) in [6.45, 7) is 2.33. The van der Waals surface area contributed by atoms with Crippen LogP contribution in [-0.4, -0.2) is 63.3 Å². The molecule has 1 heterocycles. The minimum absolute atomic E-state index is 0.0308. The van der Waals surface area contributed by atoms with Gasteiger partial charge in [-0.25, -0.2) is 0 Å². The maximum atomic E-state index is 14.5. The summed E-state index contributed by atoms with van der Waals surface area (Å²) in [7, 11) is 4.59. The van der Waals surface area contributed by atoms with Gasteiger partial charge in [-0.3, -0.25) is 9.59 Å². The fourth-order valence-electron chi connectivity index (χ4n) is 6.07. The summed E-state index contributed by atoms with van der Waals surface area (Å²) in [5.74, 6) is 1.67. The quantitative estimate of drug-likeness (QED) is 0.313. The normalized spacial score (nSPS) is 16.9. The average Bonchev–Trinajstić information content (AvgIpc) is 3.05. The number of carbonyl (C=O) groups excluding carboxylic acids is 2. The molecule has 0 spiro atoms. The maximum absolute atomic E-state index is 14.5. The summed E-state index contributed by atoms with van der Waals surface area (Å²) in [5.41, 5.74) is 2.73. The van der Waals surface area contributed by atoms with E-state index in [1.54, 1.807) is 23.1 Å². The highest BCUT2D eigenvalue weighted by Crippen LogP contribution is 2.41. The van der Waals surface area contributed by atoms with Crippen LogP contribution in [0.2, 0.25) is 0 Å². The van der Waals surface area contributed by atoms with Gasteiger partial charge in [-0.1, -0.05) is 61.2 Å². The molecule has 1 aliphatic heterocycles. The molecular weight excluding hydrogens is 560 g/mol. The molecule has 0 bridgehead atoms. The fraction of sp³-hybridized carbons (Fsp3) is 0.429. The van der Waals surface area contributed by atoms with Crippen LogP contribution >= 0.6 is 0 Å². The van der Waals surface area contributed by atoms with E-state index >= 15 is 0 Å². The monoisotopic (exact) mass is 602 g/mol. The molecule has 0 aromatic heterocycles. The molecule has 0 saturated heterocycles. The number of fused-ring (bicyclic) bond motifs is 1. The van der Waals surface area contributed by atoms with Crippen molar-refractivity contribution in [2.45, 2.75) is 63.6 Å². The lowest BCUT2D eigenvalue weighted by atomic mass is 9.94. The Morgan fingerprint density at radius 1 is 0.909 bits per heavy atom. The molecule has 2 aliphatic rings. The van der Waals surface area contributed by atoms with Gasteiger partial charge in [0.25, 0.3) is 5.91 Å². The Morgan fingerprint density at radius 3 is 2.27 bits per heavy atom. The minimum Gasteiger partial charge on any atom is -0.493 e. The first kappa shape index (κ1) is 31.0. The molecule has 2 amide bonds. The summed E-state index contributed by atoms with van der Waals surface area (Å²) < 4.78 is 29.0. The molecule has 9 nitrogen and oxygen atoms in total. The first-order valence-corrected chi connectivity index (χ1v) is 15.3. The Kier molecular flexibility index (Phi) is 10.1. The van der Waals surface area contributed by atoms with E-state index in [0.29, 0.717) is 40.7 Å². The third-order valence-corrected chi connectivity index (χ3v) is 8.31. The number of amides is 2. The van der Waals surface area contributed by atoms with E-state index in [0.717, 1.165) is 43.2 Å². The molecular formula is C35H42N2O7. The van der Waals surface area contributed by atoms with Gasteiger partial charge in [-0.2, -0.15) is 0 Å². The summed E-state index contributed by atoms with van der Waals surface area (Å²) in [4.78, 5) is 30.5. The number of nitrogens with one attached hydrogen (secondary N) is 1. The molecule has 5 rings (SSSR count). The van der Waals surface area contributed by atoms with E-state index in [-0.39, 0.29) is 31.0 Å². The van der Waals surface area contributed by atoms with Crippen LogP contribution in [0.5, 0.6) is 28.7 Å². The number of ether oxygens (including phenoxy) is 5. The van der Waals surface area contributed by atoms with Crippen LogP contribution < -0.4 is 29.0 Å². The van der Waals surface area contributed by atoms with Crippen molar-refractivity contribution in [3.63, 3.8) is 0 Å². The number of nitrogens with zero attached hydrogens (tertiary/aromatic N) is 1. The van der Waals surface area contributed by atoms with E-state index in [1.165, 1.54) is 21.3 Å². The maximum Gasteiger partial charge on any atom is 0.268 e. The number of hydrogen-bond donors (Lipinski definition) is 1.